The number of rotatable bonds is 5. The van der Waals surface area contributed by atoms with E-state index in [-0.39, 0.29) is 11.9 Å². The quantitative estimate of drug-likeness (QED) is 0.587. The summed E-state index contributed by atoms with van der Waals surface area (Å²) in [6, 6.07) is 23.6. The molecule has 4 rings (SSSR count). The first kappa shape index (κ1) is 16.8. The summed E-state index contributed by atoms with van der Waals surface area (Å²) in [7, 11) is 0. The number of carbonyl (C=O) groups is 1. The van der Waals surface area contributed by atoms with Crippen molar-refractivity contribution in [2.45, 2.75) is 13.5 Å². The Balaban J connectivity index is 1.56. The highest BCUT2D eigenvalue weighted by molar-refractivity contribution is 5.87. The van der Waals surface area contributed by atoms with E-state index in [4.69, 9.17) is 4.74 Å². The first-order valence-corrected chi connectivity index (χ1v) is 8.59. The number of nitrogens with zero attached hydrogens (tertiary/aromatic N) is 3. The summed E-state index contributed by atoms with van der Waals surface area (Å²) < 4.78 is 7.55. The molecule has 0 aliphatic carbocycles. The smallest absolute Gasteiger partial charge is 0.249 e. The molecule has 0 saturated carbocycles. The predicted octanol–water partition coefficient (Wildman–Crippen LogP) is 3.93. The van der Waals surface area contributed by atoms with Crippen LogP contribution in [0.5, 0.6) is 5.75 Å². The summed E-state index contributed by atoms with van der Waals surface area (Å²) in [4.78, 5) is 15.5. The van der Waals surface area contributed by atoms with E-state index in [1.54, 1.807) is 4.52 Å². The van der Waals surface area contributed by atoms with Crippen molar-refractivity contribution in [3.05, 3.63) is 78.4 Å². The highest BCUT2D eigenvalue weighted by Crippen LogP contribution is 2.24. The summed E-state index contributed by atoms with van der Waals surface area (Å²) in [5.41, 5.74) is 3.65. The van der Waals surface area contributed by atoms with Crippen molar-refractivity contribution in [2.75, 3.05) is 5.32 Å². The lowest BCUT2D eigenvalue weighted by Crippen LogP contribution is -2.07. The van der Waals surface area contributed by atoms with Crippen LogP contribution in [0, 0.1) is 0 Å². The van der Waals surface area contributed by atoms with Crippen molar-refractivity contribution < 1.29 is 9.53 Å². The Morgan fingerprint density at radius 3 is 2.52 bits per heavy atom. The predicted molar refractivity (Wildman–Crippen MR) is 104 cm³/mol. The molecule has 0 fully saturated rings. The molecule has 0 spiro atoms. The van der Waals surface area contributed by atoms with Gasteiger partial charge in [0.05, 0.1) is 5.69 Å². The van der Waals surface area contributed by atoms with Crippen molar-refractivity contribution in [2.24, 2.45) is 0 Å². The van der Waals surface area contributed by atoms with Gasteiger partial charge in [0, 0.05) is 12.5 Å². The second-order valence-electron chi connectivity index (χ2n) is 6.10. The van der Waals surface area contributed by atoms with Crippen molar-refractivity contribution in [3.63, 3.8) is 0 Å². The molecular formula is C21H18N4O2. The first-order chi connectivity index (χ1) is 13.2. The Kier molecular flexibility index (Phi) is 4.53. The maximum atomic E-state index is 11.2. The number of hydrogen-bond donors (Lipinski definition) is 1. The Morgan fingerprint density at radius 2 is 1.78 bits per heavy atom. The molecular weight excluding hydrogens is 340 g/mol. The van der Waals surface area contributed by atoms with Gasteiger partial charge in [0.25, 0.3) is 0 Å². The van der Waals surface area contributed by atoms with Crippen LogP contribution in [-0.4, -0.2) is 20.5 Å². The molecule has 0 radical (unpaired) electrons. The van der Waals surface area contributed by atoms with Crippen molar-refractivity contribution in [3.8, 4) is 17.0 Å². The number of nitrogens with one attached hydrogen (secondary N) is 1. The lowest BCUT2D eigenvalue weighted by Gasteiger charge is -2.08. The van der Waals surface area contributed by atoms with E-state index in [2.05, 4.69) is 15.4 Å². The SMILES string of the molecule is CC(=O)Nc1nc2cccc(-c3ccc(OCc4ccccc4)cc3)n2n1. The molecule has 1 N–H and O–H groups in total. The summed E-state index contributed by atoms with van der Waals surface area (Å²) in [6.45, 7) is 1.96. The van der Waals surface area contributed by atoms with Gasteiger partial charge in [-0.2, -0.15) is 4.98 Å². The van der Waals surface area contributed by atoms with E-state index in [1.807, 2.05) is 72.8 Å². The lowest BCUT2D eigenvalue weighted by molar-refractivity contribution is -0.114. The maximum Gasteiger partial charge on any atom is 0.249 e. The molecule has 2 aromatic heterocycles. The largest absolute Gasteiger partial charge is 0.489 e. The van der Waals surface area contributed by atoms with E-state index < -0.39 is 0 Å². The molecule has 1 amide bonds. The van der Waals surface area contributed by atoms with Crippen LogP contribution in [-0.2, 0) is 11.4 Å². The second-order valence-corrected chi connectivity index (χ2v) is 6.10. The van der Waals surface area contributed by atoms with Crippen LogP contribution in [0.4, 0.5) is 5.95 Å². The molecule has 0 saturated heterocycles. The number of carbonyl (C=O) groups excluding carboxylic acids is 1. The van der Waals surface area contributed by atoms with Gasteiger partial charge in [-0.3, -0.25) is 10.1 Å². The molecule has 2 heterocycles. The second kappa shape index (κ2) is 7.29. The highest BCUT2D eigenvalue weighted by atomic mass is 16.5. The van der Waals surface area contributed by atoms with Gasteiger partial charge in [-0.15, -0.1) is 5.10 Å². The lowest BCUT2D eigenvalue weighted by atomic mass is 10.1. The summed E-state index contributed by atoms with van der Waals surface area (Å²) in [5, 5.41) is 6.98. The van der Waals surface area contributed by atoms with Crippen LogP contribution in [0.15, 0.2) is 72.8 Å². The monoisotopic (exact) mass is 358 g/mol. The number of benzene rings is 2. The number of fused-ring (bicyclic) bond motifs is 1. The highest BCUT2D eigenvalue weighted by Gasteiger charge is 2.09. The molecule has 0 unspecified atom stereocenters. The fourth-order valence-corrected chi connectivity index (χ4v) is 2.80. The number of ether oxygens (including phenoxy) is 1. The van der Waals surface area contributed by atoms with Crippen molar-refractivity contribution >= 4 is 17.5 Å². The minimum atomic E-state index is -0.202. The molecule has 4 aromatic rings. The number of aromatic nitrogens is 3. The third kappa shape index (κ3) is 3.79. The molecule has 134 valence electrons. The van der Waals surface area contributed by atoms with Gasteiger partial charge in [0.1, 0.15) is 12.4 Å². The fourth-order valence-electron chi connectivity index (χ4n) is 2.80. The number of hydrogen-bond acceptors (Lipinski definition) is 4. The average Bonchev–Trinajstić information content (AvgIpc) is 3.09. The standard InChI is InChI=1S/C21H18N4O2/c1-15(26)22-21-23-20-9-5-8-19(25(20)24-21)17-10-12-18(13-11-17)27-14-16-6-3-2-4-7-16/h2-13H,14H2,1H3,(H,22,24,26). The zero-order chi connectivity index (χ0) is 18.6. The Morgan fingerprint density at radius 1 is 1.00 bits per heavy atom. The average molecular weight is 358 g/mol. The van der Waals surface area contributed by atoms with E-state index in [0.717, 1.165) is 22.6 Å². The Hall–Kier alpha value is -3.67. The third-order valence-electron chi connectivity index (χ3n) is 4.05. The Labute approximate surface area is 156 Å². The molecule has 6 heteroatoms. The minimum Gasteiger partial charge on any atom is -0.489 e. The summed E-state index contributed by atoms with van der Waals surface area (Å²) in [5.74, 6) is 0.887. The molecule has 0 aliphatic rings. The molecule has 0 atom stereocenters. The zero-order valence-corrected chi connectivity index (χ0v) is 14.8. The minimum absolute atomic E-state index is 0.202. The summed E-state index contributed by atoms with van der Waals surface area (Å²) in [6.07, 6.45) is 0. The number of amides is 1. The number of pyridine rings is 1. The Bertz CT molecular complexity index is 1070. The normalized spacial score (nSPS) is 10.7. The van der Waals surface area contributed by atoms with Crippen LogP contribution in [0.25, 0.3) is 16.9 Å². The fraction of sp³-hybridized carbons (Fsp3) is 0.0952. The molecule has 27 heavy (non-hydrogen) atoms. The molecule has 2 aromatic carbocycles. The summed E-state index contributed by atoms with van der Waals surface area (Å²) >= 11 is 0. The van der Waals surface area contributed by atoms with Crippen LogP contribution in [0.3, 0.4) is 0 Å². The van der Waals surface area contributed by atoms with E-state index >= 15 is 0 Å². The van der Waals surface area contributed by atoms with E-state index in [0.29, 0.717) is 12.3 Å². The van der Waals surface area contributed by atoms with Crippen molar-refractivity contribution in [1.82, 2.24) is 14.6 Å². The topological polar surface area (TPSA) is 68.5 Å². The van der Waals surface area contributed by atoms with Gasteiger partial charge in [0.15, 0.2) is 5.65 Å². The first-order valence-electron chi connectivity index (χ1n) is 8.59. The molecule has 6 nitrogen and oxygen atoms in total. The van der Waals surface area contributed by atoms with Gasteiger partial charge < -0.3 is 4.74 Å². The van der Waals surface area contributed by atoms with E-state index in [1.165, 1.54) is 6.92 Å². The molecule has 0 aliphatic heterocycles. The van der Waals surface area contributed by atoms with Crippen molar-refractivity contribution in [1.29, 1.82) is 0 Å². The van der Waals surface area contributed by atoms with Crippen LogP contribution in [0.2, 0.25) is 0 Å². The van der Waals surface area contributed by atoms with Gasteiger partial charge in [-0.1, -0.05) is 36.4 Å². The number of anilines is 1. The van der Waals surface area contributed by atoms with E-state index in [9.17, 15) is 4.79 Å². The van der Waals surface area contributed by atoms with Gasteiger partial charge in [-0.05, 0) is 42.0 Å². The van der Waals surface area contributed by atoms with Crippen LogP contribution in [0.1, 0.15) is 12.5 Å². The van der Waals surface area contributed by atoms with Crippen LogP contribution < -0.4 is 10.1 Å². The van der Waals surface area contributed by atoms with Gasteiger partial charge in [-0.25, -0.2) is 4.52 Å². The zero-order valence-electron chi connectivity index (χ0n) is 14.8. The van der Waals surface area contributed by atoms with Gasteiger partial charge in [0.2, 0.25) is 11.9 Å². The van der Waals surface area contributed by atoms with Gasteiger partial charge >= 0.3 is 0 Å². The maximum absolute atomic E-state index is 11.2. The van der Waals surface area contributed by atoms with Crippen LogP contribution >= 0.6 is 0 Å². The molecule has 0 bridgehead atoms. The third-order valence-corrected chi connectivity index (χ3v) is 4.05.